The van der Waals surface area contributed by atoms with Crippen LogP contribution >= 0.6 is 0 Å². The van der Waals surface area contributed by atoms with Gasteiger partial charge in [0, 0.05) is 19.3 Å². The first-order valence-electron chi connectivity index (χ1n) is 32.2. The van der Waals surface area contributed by atoms with E-state index in [1.54, 1.807) is 0 Å². The zero-order valence-corrected chi connectivity index (χ0v) is 50.6. The van der Waals surface area contributed by atoms with Crippen molar-refractivity contribution in [2.75, 3.05) is 13.2 Å². The van der Waals surface area contributed by atoms with Crippen molar-refractivity contribution in [3.05, 3.63) is 134 Å². The molecule has 0 rings (SSSR count). The fraction of sp³-hybridized carbons (Fsp3) is 0.653. The average Bonchev–Trinajstić information content (AvgIpc) is 3.44. The summed E-state index contributed by atoms with van der Waals surface area (Å²) in [6.07, 6.45) is 91.9. The number of esters is 3. The smallest absolute Gasteiger partial charge is 0.306 e. The number of unbranched alkanes of at least 4 members (excludes halogenated alkanes) is 24. The maximum Gasteiger partial charge on any atom is 0.306 e. The number of allylic oxidation sites excluding steroid dienone is 22. The van der Waals surface area contributed by atoms with E-state index in [0.29, 0.717) is 19.3 Å². The zero-order valence-electron chi connectivity index (χ0n) is 50.6. The van der Waals surface area contributed by atoms with E-state index in [9.17, 15) is 14.4 Å². The highest BCUT2D eigenvalue weighted by atomic mass is 16.6. The summed E-state index contributed by atoms with van der Waals surface area (Å²) in [7, 11) is 0. The second-order valence-corrected chi connectivity index (χ2v) is 20.9. The Morgan fingerprint density at radius 2 is 0.526 bits per heavy atom. The maximum absolute atomic E-state index is 12.9. The molecule has 6 nitrogen and oxygen atoms in total. The monoisotopic (exact) mass is 1080 g/mol. The van der Waals surface area contributed by atoms with Gasteiger partial charge in [0.15, 0.2) is 6.10 Å². The third-order valence-corrected chi connectivity index (χ3v) is 13.4. The summed E-state index contributed by atoms with van der Waals surface area (Å²) >= 11 is 0. The standard InChI is InChI=1S/C72H118O6/c1-4-7-10-13-16-19-22-25-27-29-31-33-34-35-36-37-38-39-41-42-44-47-50-53-56-59-62-65-71(74)77-68-69(67-76-70(73)64-61-58-55-52-49-46-24-21-18-15-12-9-6-3)78-72(75)66-63-60-57-54-51-48-45-43-40-32-30-28-26-23-20-17-14-11-8-5-2/h7,9-10,12,16,18-19,21,25,27,31,33,35-36,38-39,42,44,46,49,55,58,69H,4-6,8,11,13-15,17,20,22-24,26,28-30,32,34,37,40-41,43,45,47-48,50-54,56-57,59-68H2,1-3H3/b10-7-,12-9-,19-16-,21-18-,27-25-,33-31-,36-35-,39-38-,44-42-,49-46-,58-55-. The second-order valence-electron chi connectivity index (χ2n) is 20.9. The normalized spacial score (nSPS) is 13.0. The molecule has 0 aliphatic rings. The lowest BCUT2D eigenvalue weighted by Crippen LogP contribution is -2.30. The van der Waals surface area contributed by atoms with Crippen LogP contribution in [0.5, 0.6) is 0 Å². The van der Waals surface area contributed by atoms with Crippen molar-refractivity contribution < 1.29 is 28.6 Å². The van der Waals surface area contributed by atoms with Crippen LogP contribution in [0.1, 0.15) is 284 Å². The molecule has 0 bridgehead atoms. The molecule has 0 aliphatic carbocycles. The lowest BCUT2D eigenvalue weighted by Gasteiger charge is -2.18. The van der Waals surface area contributed by atoms with Crippen molar-refractivity contribution in [2.24, 2.45) is 0 Å². The van der Waals surface area contributed by atoms with E-state index in [4.69, 9.17) is 14.2 Å². The van der Waals surface area contributed by atoms with Gasteiger partial charge >= 0.3 is 17.9 Å². The van der Waals surface area contributed by atoms with E-state index in [-0.39, 0.29) is 37.5 Å². The van der Waals surface area contributed by atoms with Crippen LogP contribution in [-0.4, -0.2) is 37.2 Å². The molecule has 0 aliphatic heterocycles. The lowest BCUT2D eigenvalue weighted by atomic mass is 10.0. The lowest BCUT2D eigenvalue weighted by molar-refractivity contribution is -0.166. The van der Waals surface area contributed by atoms with Gasteiger partial charge in [0.2, 0.25) is 0 Å². The molecule has 1 atom stereocenters. The van der Waals surface area contributed by atoms with E-state index in [1.807, 2.05) is 6.08 Å². The highest BCUT2D eigenvalue weighted by molar-refractivity contribution is 5.71. The van der Waals surface area contributed by atoms with Crippen LogP contribution in [0.15, 0.2) is 134 Å². The van der Waals surface area contributed by atoms with Crippen molar-refractivity contribution in [1.82, 2.24) is 0 Å². The van der Waals surface area contributed by atoms with Crippen LogP contribution in [0.2, 0.25) is 0 Å². The Labute approximate surface area is 481 Å². The van der Waals surface area contributed by atoms with E-state index in [0.717, 1.165) is 128 Å². The van der Waals surface area contributed by atoms with E-state index < -0.39 is 6.10 Å². The Morgan fingerprint density at radius 1 is 0.269 bits per heavy atom. The van der Waals surface area contributed by atoms with Gasteiger partial charge in [0.1, 0.15) is 13.2 Å². The number of carbonyl (C=O) groups is 3. The van der Waals surface area contributed by atoms with Gasteiger partial charge in [-0.3, -0.25) is 14.4 Å². The van der Waals surface area contributed by atoms with Crippen LogP contribution in [0, 0.1) is 0 Å². The predicted molar refractivity (Wildman–Crippen MR) is 339 cm³/mol. The Hall–Kier alpha value is -4.45. The molecule has 0 heterocycles. The molecule has 0 saturated carbocycles. The third-order valence-electron chi connectivity index (χ3n) is 13.4. The third kappa shape index (κ3) is 62.4. The summed E-state index contributed by atoms with van der Waals surface area (Å²) in [6, 6.07) is 0. The largest absolute Gasteiger partial charge is 0.462 e. The molecule has 0 aromatic carbocycles. The minimum absolute atomic E-state index is 0.112. The van der Waals surface area contributed by atoms with Gasteiger partial charge in [-0.2, -0.15) is 0 Å². The molecule has 0 aromatic rings. The highest BCUT2D eigenvalue weighted by Gasteiger charge is 2.19. The van der Waals surface area contributed by atoms with Gasteiger partial charge in [-0.05, 0) is 103 Å². The molecule has 0 amide bonds. The maximum atomic E-state index is 12.9. The van der Waals surface area contributed by atoms with Gasteiger partial charge in [0.25, 0.3) is 0 Å². The first kappa shape index (κ1) is 73.5. The zero-order chi connectivity index (χ0) is 56.4. The number of ether oxygens (including phenoxy) is 3. The Morgan fingerprint density at radius 3 is 0.859 bits per heavy atom. The Kier molecular flexibility index (Phi) is 61.4. The molecule has 0 radical (unpaired) electrons. The fourth-order valence-corrected chi connectivity index (χ4v) is 8.67. The van der Waals surface area contributed by atoms with E-state index in [1.165, 1.54) is 109 Å². The van der Waals surface area contributed by atoms with E-state index >= 15 is 0 Å². The van der Waals surface area contributed by atoms with Crippen LogP contribution in [0.25, 0.3) is 0 Å². The number of carbonyl (C=O) groups excluding carboxylic acids is 3. The molecule has 0 N–H and O–H groups in total. The summed E-state index contributed by atoms with van der Waals surface area (Å²) in [5.74, 6) is -1.01. The van der Waals surface area contributed by atoms with Crippen molar-refractivity contribution in [1.29, 1.82) is 0 Å². The molecule has 442 valence electrons. The topological polar surface area (TPSA) is 78.9 Å². The average molecular weight is 1080 g/mol. The number of rotatable bonds is 57. The molecular weight excluding hydrogens is 961 g/mol. The van der Waals surface area contributed by atoms with Crippen molar-refractivity contribution >= 4 is 17.9 Å². The molecular formula is C72H118O6. The van der Waals surface area contributed by atoms with E-state index in [2.05, 4.69) is 148 Å². The number of hydrogen-bond acceptors (Lipinski definition) is 6. The molecule has 6 heteroatoms. The summed E-state index contributed by atoms with van der Waals surface area (Å²) < 4.78 is 16.8. The SMILES string of the molecule is CC/C=C\C/C=C\C/C=C\C/C=C\C/C=C\C/C=C\C/C=C\CCCCCCCC(=O)OCC(COC(=O)CC/C=C\C/C=C\C/C=C\C/C=C\CC)OC(=O)CCCCCCCCCCCCCCCCCCCCCC. The first-order chi connectivity index (χ1) is 38.5. The quantitative estimate of drug-likeness (QED) is 0.0261. The van der Waals surface area contributed by atoms with Crippen LogP contribution in [0.4, 0.5) is 0 Å². The summed E-state index contributed by atoms with van der Waals surface area (Å²) in [5.41, 5.74) is 0. The highest BCUT2D eigenvalue weighted by Crippen LogP contribution is 2.16. The molecule has 0 aromatic heterocycles. The van der Waals surface area contributed by atoms with Gasteiger partial charge < -0.3 is 14.2 Å². The van der Waals surface area contributed by atoms with Gasteiger partial charge in [0.05, 0.1) is 0 Å². The Balaban J connectivity index is 4.41. The fourth-order valence-electron chi connectivity index (χ4n) is 8.67. The van der Waals surface area contributed by atoms with Gasteiger partial charge in [-0.25, -0.2) is 0 Å². The van der Waals surface area contributed by atoms with Crippen molar-refractivity contribution in [3.63, 3.8) is 0 Å². The molecule has 78 heavy (non-hydrogen) atoms. The van der Waals surface area contributed by atoms with Crippen molar-refractivity contribution in [3.8, 4) is 0 Å². The second kappa shape index (κ2) is 65.1. The Bertz CT molecular complexity index is 1670. The molecule has 0 saturated heterocycles. The van der Waals surface area contributed by atoms with Crippen LogP contribution in [0.3, 0.4) is 0 Å². The van der Waals surface area contributed by atoms with Crippen LogP contribution < -0.4 is 0 Å². The summed E-state index contributed by atoms with van der Waals surface area (Å²) in [6.45, 7) is 6.35. The minimum atomic E-state index is -0.819. The molecule has 0 fully saturated rings. The van der Waals surface area contributed by atoms with Gasteiger partial charge in [-0.15, -0.1) is 0 Å². The molecule has 1 unspecified atom stereocenters. The molecule has 0 spiro atoms. The van der Waals surface area contributed by atoms with Crippen LogP contribution in [-0.2, 0) is 28.6 Å². The summed E-state index contributed by atoms with van der Waals surface area (Å²) in [4.78, 5) is 38.3. The van der Waals surface area contributed by atoms with Gasteiger partial charge in [-0.1, -0.05) is 296 Å². The predicted octanol–water partition coefficient (Wildman–Crippen LogP) is 22.2. The summed E-state index contributed by atoms with van der Waals surface area (Å²) in [5, 5.41) is 0. The number of hydrogen-bond donors (Lipinski definition) is 0. The first-order valence-corrected chi connectivity index (χ1v) is 32.2. The van der Waals surface area contributed by atoms with Crippen molar-refractivity contribution in [2.45, 2.75) is 290 Å². The minimum Gasteiger partial charge on any atom is -0.462 e.